The van der Waals surface area contributed by atoms with Crippen LogP contribution in [0.2, 0.25) is 0 Å². The first-order valence-corrected chi connectivity index (χ1v) is 9.25. The molecule has 1 atom stereocenters. The zero-order valence-corrected chi connectivity index (χ0v) is 15.6. The highest BCUT2D eigenvalue weighted by Crippen LogP contribution is 2.23. The summed E-state index contributed by atoms with van der Waals surface area (Å²) in [7, 11) is 1.61. The summed E-state index contributed by atoms with van der Waals surface area (Å²) in [5.74, 6) is 2.07. The largest absolute Gasteiger partial charge is 0.497 e. The minimum absolute atomic E-state index is 0.0423. The van der Waals surface area contributed by atoms with E-state index in [4.69, 9.17) is 9.26 Å². The second kappa shape index (κ2) is 8.16. The molecule has 3 heterocycles. The Bertz CT molecular complexity index is 927. The molecule has 0 radical (unpaired) electrons. The summed E-state index contributed by atoms with van der Waals surface area (Å²) in [6.07, 6.45) is 7.42. The van der Waals surface area contributed by atoms with Crippen LogP contribution in [0.4, 0.5) is 0 Å². The second-order valence-electron chi connectivity index (χ2n) is 6.80. The van der Waals surface area contributed by atoms with Gasteiger partial charge in [0.2, 0.25) is 0 Å². The van der Waals surface area contributed by atoms with Crippen molar-refractivity contribution >= 4 is 5.91 Å². The Balaban J connectivity index is 1.40. The van der Waals surface area contributed by atoms with Crippen LogP contribution >= 0.6 is 0 Å². The number of ether oxygens (including phenoxy) is 1. The molecule has 3 aromatic rings. The van der Waals surface area contributed by atoms with Crippen molar-refractivity contribution in [2.24, 2.45) is 5.92 Å². The van der Waals surface area contributed by atoms with E-state index in [9.17, 15) is 4.79 Å². The van der Waals surface area contributed by atoms with Gasteiger partial charge in [-0.3, -0.25) is 9.78 Å². The van der Waals surface area contributed by atoms with E-state index in [1.165, 1.54) is 0 Å². The van der Waals surface area contributed by atoms with Crippen LogP contribution in [0.15, 0.2) is 47.4 Å². The van der Waals surface area contributed by atoms with E-state index in [-0.39, 0.29) is 5.91 Å². The molecule has 8 heteroatoms. The molecule has 144 valence electrons. The van der Waals surface area contributed by atoms with Gasteiger partial charge in [0.05, 0.1) is 13.3 Å². The molecule has 1 amide bonds. The van der Waals surface area contributed by atoms with Gasteiger partial charge in [-0.1, -0.05) is 5.16 Å². The number of carbonyl (C=O) groups is 1. The maximum absolute atomic E-state index is 12.8. The van der Waals surface area contributed by atoms with Crippen LogP contribution in [0.25, 0.3) is 11.6 Å². The molecule has 0 spiro atoms. The van der Waals surface area contributed by atoms with Crippen LogP contribution in [-0.4, -0.2) is 51.1 Å². The van der Waals surface area contributed by atoms with Gasteiger partial charge < -0.3 is 14.2 Å². The number of amides is 1. The molecule has 0 aliphatic carbocycles. The van der Waals surface area contributed by atoms with E-state index in [1.54, 1.807) is 37.8 Å². The van der Waals surface area contributed by atoms with Gasteiger partial charge in [-0.05, 0) is 43.0 Å². The molecule has 1 aliphatic rings. The average molecular weight is 379 g/mol. The predicted molar refractivity (Wildman–Crippen MR) is 101 cm³/mol. The van der Waals surface area contributed by atoms with Crippen LogP contribution in [-0.2, 0) is 6.42 Å². The smallest absolute Gasteiger partial charge is 0.278 e. The van der Waals surface area contributed by atoms with E-state index in [1.807, 2.05) is 17.0 Å². The Kier molecular flexibility index (Phi) is 5.27. The van der Waals surface area contributed by atoms with Crippen molar-refractivity contribution in [3.8, 4) is 17.3 Å². The lowest BCUT2D eigenvalue weighted by Crippen LogP contribution is -2.40. The van der Waals surface area contributed by atoms with Gasteiger partial charge in [-0.15, -0.1) is 0 Å². The Labute approximate surface area is 162 Å². The average Bonchev–Trinajstić information content (AvgIpc) is 3.22. The third kappa shape index (κ3) is 4.00. The van der Waals surface area contributed by atoms with Gasteiger partial charge in [0.1, 0.15) is 11.4 Å². The van der Waals surface area contributed by atoms with Gasteiger partial charge in [-0.25, -0.2) is 4.98 Å². The highest BCUT2D eigenvalue weighted by Gasteiger charge is 2.26. The summed E-state index contributed by atoms with van der Waals surface area (Å²) >= 11 is 0. The highest BCUT2D eigenvalue weighted by molar-refractivity contribution is 5.94. The van der Waals surface area contributed by atoms with Gasteiger partial charge in [0.25, 0.3) is 11.8 Å². The molecule has 1 aromatic carbocycles. The Morgan fingerprint density at radius 2 is 2.14 bits per heavy atom. The summed E-state index contributed by atoms with van der Waals surface area (Å²) in [4.78, 5) is 27.3. The monoisotopic (exact) mass is 379 g/mol. The number of hydrogen-bond acceptors (Lipinski definition) is 7. The molecule has 4 rings (SSSR count). The SMILES string of the molecule is COc1ccc(C(=O)N2CCCC(Cc3noc(-c4cnccn4)n3)C2)cc1. The third-order valence-electron chi connectivity index (χ3n) is 4.86. The molecular formula is C20H21N5O3. The van der Waals surface area contributed by atoms with Crippen LogP contribution in [0.1, 0.15) is 29.0 Å². The van der Waals surface area contributed by atoms with Crippen LogP contribution in [0.3, 0.4) is 0 Å². The topological polar surface area (TPSA) is 94.2 Å². The lowest BCUT2D eigenvalue weighted by Gasteiger charge is -2.32. The molecular weight excluding hydrogens is 358 g/mol. The zero-order chi connectivity index (χ0) is 19.3. The van der Waals surface area contributed by atoms with Gasteiger partial charge in [-0.2, -0.15) is 4.98 Å². The minimum Gasteiger partial charge on any atom is -0.497 e. The quantitative estimate of drug-likeness (QED) is 0.672. The summed E-state index contributed by atoms with van der Waals surface area (Å²) in [6.45, 7) is 1.44. The molecule has 0 bridgehead atoms. The highest BCUT2D eigenvalue weighted by atomic mass is 16.5. The molecule has 0 saturated carbocycles. The molecule has 8 nitrogen and oxygen atoms in total. The van der Waals surface area contributed by atoms with Gasteiger partial charge in [0.15, 0.2) is 5.82 Å². The lowest BCUT2D eigenvalue weighted by atomic mass is 9.94. The van der Waals surface area contributed by atoms with Gasteiger partial charge in [0, 0.05) is 37.5 Å². The Hall–Kier alpha value is -3.29. The van der Waals surface area contributed by atoms with Crippen molar-refractivity contribution in [1.29, 1.82) is 0 Å². The molecule has 2 aromatic heterocycles. The standard InChI is InChI=1S/C20H21N5O3/c1-27-16-6-4-15(5-7-16)20(26)25-10-2-3-14(13-25)11-18-23-19(28-24-18)17-12-21-8-9-22-17/h4-9,12,14H,2-3,10-11,13H2,1H3. The molecule has 1 unspecified atom stereocenters. The minimum atomic E-state index is 0.0423. The van der Waals surface area contributed by atoms with E-state index in [0.29, 0.717) is 41.9 Å². The number of methoxy groups -OCH3 is 1. The Morgan fingerprint density at radius 1 is 1.29 bits per heavy atom. The van der Waals surface area contributed by atoms with E-state index in [0.717, 1.165) is 25.1 Å². The number of likely N-dealkylation sites (tertiary alicyclic amines) is 1. The maximum atomic E-state index is 12.8. The number of nitrogens with zero attached hydrogens (tertiary/aromatic N) is 5. The maximum Gasteiger partial charge on any atom is 0.278 e. The first-order chi connectivity index (χ1) is 13.7. The van der Waals surface area contributed by atoms with E-state index in [2.05, 4.69) is 20.1 Å². The first-order valence-electron chi connectivity index (χ1n) is 9.25. The number of rotatable bonds is 5. The number of hydrogen-bond donors (Lipinski definition) is 0. The van der Waals surface area contributed by atoms with Crippen molar-refractivity contribution in [3.05, 3.63) is 54.2 Å². The molecule has 28 heavy (non-hydrogen) atoms. The van der Waals surface area contributed by atoms with Crippen LogP contribution in [0.5, 0.6) is 5.75 Å². The fourth-order valence-corrected chi connectivity index (χ4v) is 3.44. The van der Waals surface area contributed by atoms with E-state index < -0.39 is 0 Å². The van der Waals surface area contributed by atoms with Crippen LogP contribution in [0, 0.1) is 5.92 Å². The number of piperidine rings is 1. The second-order valence-corrected chi connectivity index (χ2v) is 6.80. The van der Waals surface area contributed by atoms with Crippen LogP contribution < -0.4 is 4.74 Å². The molecule has 1 fully saturated rings. The summed E-state index contributed by atoms with van der Waals surface area (Å²) in [6, 6.07) is 7.22. The van der Waals surface area contributed by atoms with Gasteiger partial charge >= 0.3 is 0 Å². The predicted octanol–water partition coefficient (Wildman–Crippen LogP) is 2.63. The number of aromatic nitrogens is 4. The summed E-state index contributed by atoms with van der Waals surface area (Å²) in [5, 5.41) is 4.06. The summed E-state index contributed by atoms with van der Waals surface area (Å²) in [5.41, 5.74) is 1.23. The van der Waals surface area contributed by atoms with Crippen molar-refractivity contribution in [2.45, 2.75) is 19.3 Å². The number of benzene rings is 1. The van der Waals surface area contributed by atoms with Crippen molar-refractivity contribution in [1.82, 2.24) is 25.0 Å². The van der Waals surface area contributed by atoms with E-state index >= 15 is 0 Å². The molecule has 1 saturated heterocycles. The van der Waals surface area contributed by atoms with Crippen molar-refractivity contribution in [2.75, 3.05) is 20.2 Å². The fourth-order valence-electron chi connectivity index (χ4n) is 3.44. The Morgan fingerprint density at radius 3 is 2.89 bits per heavy atom. The fraction of sp³-hybridized carbons (Fsp3) is 0.350. The van der Waals surface area contributed by atoms with Crippen molar-refractivity contribution < 1.29 is 14.1 Å². The first kappa shape index (κ1) is 18.1. The zero-order valence-electron chi connectivity index (χ0n) is 15.6. The normalized spacial score (nSPS) is 16.8. The number of carbonyl (C=O) groups excluding carboxylic acids is 1. The molecule has 0 N–H and O–H groups in total. The molecule has 1 aliphatic heterocycles. The summed E-state index contributed by atoms with van der Waals surface area (Å²) < 4.78 is 10.5. The lowest BCUT2D eigenvalue weighted by molar-refractivity contribution is 0.0672. The van der Waals surface area contributed by atoms with Crippen molar-refractivity contribution in [3.63, 3.8) is 0 Å². The third-order valence-corrected chi connectivity index (χ3v) is 4.86.